The summed E-state index contributed by atoms with van der Waals surface area (Å²) in [6.45, 7) is 0. The highest BCUT2D eigenvalue weighted by Gasteiger charge is 2.65. The molecule has 2 fully saturated rings. The molecule has 0 saturated carbocycles. The second-order valence-electron chi connectivity index (χ2n) is 11.5. The van der Waals surface area contributed by atoms with E-state index in [4.69, 9.17) is 4.74 Å². The average molecular weight is 577 g/mol. The number of rotatable bonds is 5. The number of anilines is 1. The van der Waals surface area contributed by atoms with Crippen molar-refractivity contribution in [1.29, 1.82) is 0 Å². The zero-order valence-corrected chi connectivity index (χ0v) is 23.7. The van der Waals surface area contributed by atoms with E-state index in [1.54, 1.807) is 6.07 Å². The Labute approximate surface area is 254 Å². The SMILES string of the molecule is O=C(OC(c1ccccc1)c1ccccc1)[C@H]1[C@H]2C(=O)N(c3cccc4ccccc34)C(=O)[C@@H]2[C@H]2c3ccccc3C=CN21. The van der Waals surface area contributed by atoms with Gasteiger partial charge in [0.25, 0.3) is 0 Å². The third kappa shape index (κ3) is 3.98. The Balaban J connectivity index is 1.24. The summed E-state index contributed by atoms with van der Waals surface area (Å²) in [5, 5.41) is 1.74. The van der Waals surface area contributed by atoms with Crippen LogP contribution in [0, 0.1) is 11.8 Å². The first-order valence-electron chi connectivity index (χ1n) is 14.8. The van der Waals surface area contributed by atoms with Crippen molar-refractivity contribution in [2.45, 2.75) is 18.2 Å². The Kier molecular flexibility index (Phi) is 6.15. The molecule has 6 heteroatoms. The largest absolute Gasteiger partial charge is 0.451 e. The first-order chi connectivity index (χ1) is 21.6. The fraction of sp³-hybridized carbons (Fsp3) is 0.132. The fourth-order valence-electron chi connectivity index (χ4n) is 7.24. The summed E-state index contributed by atoms with van der Waals surface area (Å²) in [6, 6.07) is 38.9. The third-order valence-electron chi connectivity index (χ3n) is 9.15. The highest BCUT2D eigenvalue weighted by Crippen LogP contribution is 2.54. The van der Waals surface area contributed by atoms with Crippen LogP contribution in [0.25, 0.3) is 16.8 Å². The third-order valence-corrected chi connectivity index (χ3v) is 9.15. The van der Waals surface area contributed by atoms with E-state index >= 15 is 0 Å². The van der Waals surface area contributed by atoms with E-state index in [2.05, 4.69) is 0 Å². The summed E-state index contributed by atoms with van der Waals surface area (Å²) < 4.78 is 6.35. The zero-order valence-electron chi connectivity index (χ0n) is 23.7. The van der Waals surface area contributed by atoms with Gasteiger partial charge in [0.2, 0.25) is 11.8 Å². The minimum absolute atomic E-state index is 0.297. The van der Waals surface area contributed by atoms with Crippen LogP contribution in [0.4, 0.5) is 5.69 Å². The Morgan fingerprint density at radius 3 is 2.02 bits per heavy atom. The number of ether oxygens (including phenoxy) is 1. The minimum Gasteiger partial charge on any atom is -0.451 e. The van der Waals surface area contributed by atoms with Crippen LogP contribution < -0.4 is 4.90 Å². The van der Waals surface area contributed by atoms with Crippen LogP contribution in [0.3, 0.4) is 0 Å². The van der Waals surface area contributed by atoms with Gasteiger partial charge in [0, 0.05) is 11.6 Å². The second-order valence-corrected chi connectivity index (χ2v) is 11.5. The summed E-state index contributed by atoms with van der Waals surface area (Å²) in [6.07, 6.45) is 3.11. The van der Waals surface area contributed by atoms with Gasteiger partial charge in [0.05, 0.1) is 23.6 Å². The molecule has 8 rings (SSSR count). The first-order valence-corrected chi connectivity index (χ1v) is 14.8. The Hall–Kier alpha value is -5.49. The van der Waals surface area contributed by atoms with Gasteiger partial charge in [-0.1, -0.05) is 121 Å². The summed E-state index contributed by atoms with van der Waals surface area (Å²) in [7, 11) is 0. The molecule has 3 aliphatic rings. The molecule has 2 amide bonds. The Morgan fingerprint density at radius 2 is 1.27 bits per heavy atom. The van der Waals surface area contributed by atoms with E-state index in [1.807, 2.05) is 139 Å². The number of imide groups is 1. The molecule has 3 aliphatic heterocycles. The first kappa shape index (κ1) is 26.2. The zero-order chi connectivity index (χ0) is 29.8. The minimum atomic E-state index is -0.985. The predicted molar refractivity (Wildman–Crippen MR) is 168 cm³/mol. The molecule has 5 aromatic rings. The van der Waals surface area contributed by atoms with E-state index in [0.29, 0.717) is 5.69 Å². The predicted octanol–water partition coefficient (Wildman–Crippen LogP) is 6.69. The van der Waals surface area contributed by atoms with Crippen LogP contribution in [-0.4, -0.2) is 28.7 Å². The van der Waals surface area contributed by atoms with E-state index in [-0.39, 0.29) is 11.8 Å². The van der Waals surface area contributed by atoms with E-state index in [1.165, 1.54) is 4.90 Å². The lowest BCUT2D eigenvalue weighted by atomic mass is 9.84. The number of benzene rings is 5. The Bertz CT molecular complexity index is 1910. The van der Waals surface area contributed by atoms with Gasteiger partial charge < -0.3 is 9.64 Å². The Morgan fingerprint density at radius 1 is 0.659 bits per heavy atom. The summed E-state index contributed by atoms with van der Waals surface area (Å²) in [4.78, 5) is 46.6. The van der Waals surface area contributed by atoms with E-state index in [0.717, 1.165) is 33.0 Å². The maximum absolute atomic E-state index is 14.5. The average Bonchev–Trinajstić information content (AvgIpc) is 3.56. The smallest absolute Gasteiger partial charge is 0.330 e. The number of esters is 1. The quantitative estimate of drug-likeness (QED) is 0.172. The van der Waals surface area contributed by atoms with Crippen LogP contribution >= 0.6 is 0 Å². The normalized spacial score (nSPS) is 21.8. The van der Waals surface area contributed by atoms with Gasteiger partial charge in [-0.2, -0.15) is 0 Å². The van der Waals surface area contributed by atoms with Crippen LogP contribution in [0.15, 0.2) is 134 Å². The number of carbonyl (C=O) groups excluding carboxylic acids is 3. The second kappa shape index (κ2) is 10.3. The van der Waals surface area contributed by atoms with Gasteiger partial charge in [-0.3, -0.25) is 9.59 Å². The number of amides is 2. The maximum Gasteiger partial charge on any atom is 0.330 e. The van der Waals surface area contributed by atoms with Crippen molar-refractivity contribution < 1.29 is 19.1 Å². The van der Waals surface area contributed by atoms with Crippen molar-refractivity contribution in [2.75, 3.05) is 4.90 Å². The van der Waals surface area contributed by atoms with Gasteiger partial charge in [-0.15, -0.1) is 0 Å². The highest BCUT2D eigenvalue weighted by molar-refractivity contribution is 6.26. The molecule has 0 aliphatic carbocycles. The molecule has 0 unspecified atom stereocenters. The number of nitrogens with zero attached hydrogens (tertiary/aromatic N) is 2. The van der Waals surface area contributed by atoms with Gasteiger partial charge in [0.15, 0.2) is 6.10 Å². The molecule has 0 spiro atoms. The maximum atomic E-state index is 14.5. The topological polar surface area (TPSA) is 66.9 Å². The summed E-state index contributed by atoms with van der Waals surface area (Å²) in [5.74, 6) is -2.88. The van der Waals surface area contributed by atoms with Gasteiger partial charge in [-0.25, -0.2) is 9.69 Å². The monoisotopic (exact) mass is 576 g/mol. The van der Waals surface area contributed by atoms with E-state index < -0.39 is 36.0 Å². The number of fused-ring (bicyclic) bond motifs is 6. The summed E-state index contributed by atoms with van der Waals surface area (Å²) >= 11 is 0. The molecule has 5 aromatic carbocycles. The molecule has 0 bridgehead atoms. The lowest BCUT2D eigenvalue weighted by Gasteiger charge is -2.35. The highest BCUT2D eigenvalue weighted by atomic mass is 16.5. The molecule has 2 saturated heterocycles. The van der Waals surface area contributed by atoms with Crippen molar-refractivity contribution >= 4 is 40.3 Å². The van der Waals surface area contributed by atoms with Crippen molar-refractivity contribution in [2.24, 2.45) is 11.8 Å². The molecule has 0 aromatic heterocycles. The van der Waals surface area contributed by atoms with Gasteiger partial charge >= 0.3 is 5.97 Å². The molecule has 44 heavy (non-hydrogen) atoms. The molecule has 6 nitrogen and oxygen atoms in total. The molecular weight excluding hydrogens is 548 g/mol. The van der Waals surface area contributed by atoms with Crippen molar-refractivity contribution in [3.8, 4) is 0 Å². The molecule has 4 atom stereocenters. The lowest BCUT2D eigenvalue weighted by Crippen LogP contribution is -2.45. The van der Waals surface area contributed by atoms with Crippen LogP contribution in [0.5, 0.6) is 0 Å². The number of hydrogen-bond donors (Lipinski definition) is 0. The summed E-state index contributed by atoms with van der Waals surface area (Å²) in [5.41, 5.74) is 4.07. The van der Waals surface area contributed by atoms with Crippen molar-refractivity contribution in [3.63, 3.8) is 0 Å². The van der Waals surface area contributed by atoms with Crippen LogP contribution in [0.2, 0.25) is 0 Å². The van der Waals surface area contributed by atoms with Gasteiger partial charge in [-0.05, 0) is 39.8 Å². The molecule has 0 radical (unpaired) electrons. The number of carbonyl (C=O) groups is 3. The van der Waals surface area contributed by atoms with E-state index in [9.17, 15) is 14.4 Å². The van der Waals surface area contributed by atoms with Crippen LogP contribution in [0.1, 0.15) is 34.4 Å². The van der Waals surface area contributed by atoms with Gasteiger partial charge in [0.1, 0.15) is 6.04 Å². The van der Waals surface area contributed by atoms with Crippen molar-refractivity contribution in [1.82, 2.24) is 4.90 Å². The lowest BCUT2D eigenvalue weighted by molar-refractivity contribution is -0.155. The van der Waals surface area contributed by atoms with Crippen LogP contribution in [-0.2, 0) is 19.1 Å². The number of hydrogen-bond acceptors (Lipinski definition) is 5. The standard InChI is InChI=1S/C38H28N2O4/c41-36-31-32(37(42)40(36)30-21-11-18-24-12-7-9-19-28(24)30)34(39-23-22-25-13-8-10-20-29(25)33(31)39)38(43)44-35(26-14-3-1-4-15-26)27-16-5-2-6-17-27/h1-23,31-35H/t31-,32-,33+,34+/m0/s1. The molecule has 214 valence electrons. The van der Waals surface area contributed by atoms with Crippen molar-refractivity contribution in [3.05, 3.63) is 156 Å². The fourth-order valence-corrected chi connectivity index (χ4v) is 7.24. The molecule has 3 heterocycles. The molecule has 0 N–H and O–H groups in total. The molecular formula is C38H28N2O4.